The number of anilines is 1. The van der Waals surface area contributed by atoms with Crippen molar-refractivity contribution in [2.24, 2.45) is 5.92 Å². The van der Waals surface area contributed by atoms with Crippen LogP contribution in [0.1, 0.15) is 50.7 Å². The zero-order valence-electron chi connectivity index (χ0n) is 18.4. The predicted molar refractivity (Wildman–Crippen MR) is 128 cm³/mol. The molecular weight excluding hydrogens is 382 g/mol. The molecule has 2 heterocycles. The lowest BCUT2D eigenvalue weighted by molar-refractivity contribution is -0.119. The van der Waals surface area contributed by atoms with Gasteiger partial charge in [0.05, 0.1) is 16.7 Å². The van der Waals surface area contributed by atoms with Crippen molar-refractivity contribution < 1.29 is 4.79 Å². The number of aryl methyl sites for hydroxylation is 1. The quantitative estimate of drug-likeness (QED) is 0.353. The fraction of sp³-hybridized carbons (Fsp3) is 0.296. The Labute approximate surface area is 183 Å². The molecular formula is C27H29N3O. The van der Waals surface area contributed by atoms with Gasteiger partial charge in [-0.25, -0.2) is 0 Å². The highest BCUT2D eigenvalue weighted by atomic mass is 16.1. The number of nitrogens with zero attached hydrogens (tertiary/aromatic N) is 2. The van der Waals surface area contributed by atoms with Gasteiger partial charge in [0.2, 0.25) is 5.91 Å². The first-order chi connectivity index (χ1) is 15.1. The van der Waals surface area contributed by atoms with E-state index in [2.05, 4.69) is 53.4 Å². The monoisotopic (exact) mass is 411 g/mol. The third kappa shape index (κ3) is 4.43. The first kappa shape index (κ1) is 21.0. The maximum absolute atomic E-state index is 13.1. The highest BCUT2D eigenvalue weighted by Gasteiger charge is 2.20. The van der Waals surface area contributed by atoms with Crippen LogP contribution in [0, 0.1) is 5.92 Å². The first-order valence-electron chi connectivity index (χ1n) is 11.1. The van der Waals surface area contributed by atoms with Crippen LogP contribution in [0.3, 0.4) is 0 Å². The molecule has 158 valence electrons. The molecule has 0 aliphatic heterocycles. The van der Waals surface area contributed by atoms with Crippen LogP contribution in [0.2, 0.25) is 0 Å². The van der Waals surface area contributed by atoms with Crippen LogP contribution < -0.4 is 5.32 Å². The number of hydrogen-bond acceptors (Lipinski definition) is 3. The molecule has 2 unspecified atom stereocenters. The molecule has 4 rings (SSSR count). The number of carbonyl (C=O) groups excluding carboxylic acids is 1. The maximum Gasteiger partial charge on any atom is 0.227 e. The Morgan fingerprint density at radius 2 is 1.68 bits per heavy atom. The maximum atomic E-state index is 13.1. The lowest BCUT2D eigenvalue weighted by Gasteiger charge is -2.21. The summed E-state index contributed by atoms with van der Waals surface area (Å²) in [4.78, 5) is 22.1. The van der Waals surface area contributed by atoms with Crippen molar-refractivity contribution in [1.82, 2.24) is 9.97 Å². The number of hydrogen-bond donors (Lipinski definition) is 1. The zero-order valence-corrected chi connectivity index (χ0v) is 18.4. The number of pyridine rings is 2. The van der Waals surface area contributed by atoms with E-state index < -0.39 is 0 Å². The zero-order chi connectivity index (χ0) is 21.8. The smallest absolute Gasteiger partial charge is 0.227 e. The Kier molecular flexibility index (Phi) is 6.26. The lowest BCUT2D eigenvalue weighted by Crippen LogP contribution is -2.22. The van der Waals surface area contributed by atoms with E-state index in [1.807, 2.05) is 37.3 Å². The number of aromatic nitrogens is 2. The summed E-state index contributed by atoms with van der Waals surface area (Å²) in [7, 11) is 0. The minimum absolute atomic E-state index is 0.0389. The van der Waals surface area contributed by atoms with E-state index in [1.165, 1.54) is 11.1 Å². The molecule has 0 aliphatic rings. The number of nitrogens with one attached hydrogen (secondary N) is 1. The Morgan fingerprint density at radius 1 is 0.968 bits per heavy atom. The van der Waals surface area contributed by atoms with Gasteiger partial charge in [-0.3, -0.25) is 14.8 Å². The van der Waals surface area contributed by atoms with Crippen molar-refractivity contribution in [2.75, 3.05) is 5.32 Å². The Hall–Kier alpha value is -3.27. The first-order valence-corrected chi connectivity index (χ1v) is 11.1. The second-order valence-corrected chi connectivity index (χ2v) is 8.23. The number of carbonyl (C=O) groups is 1. The van der Waals surface area contributed by atoms with Crippen LogP contribution in [0.5, 0.6) is 0 Å². The van der Waals surface area contributed by atoms with Crippen LogP contribution in [-0.4, -0.2) is 15.9 Å². The van der Waals surface area contributed by atoms with E-state index in [9.17, 15) is 4.79 Å². The molecule has 0 aliphatic carbocycles. The molecule has 0 saturated carbocycles. The van der Waals surface area contributed by atoms with Gasteiger partial charge in [-0.05, 0) is 60.6 Å². The second-order valence-electron chi connectivity index (χ2n) is 8.23. The van der Waals surface area contributed by atoms with Gasteiger partial charge in [0.25, 0.3) is 0 Å². The summed E-state index contributed by atoms with van der Waals surface area (Å²) in [5, 5.41) is 5.05. The van der Waals surface area contributed by atoms with Gasteiger partial charge in [-0.15, -0.1) is 0 Å². The minimum Gasteiger partial charge on any atom is -0.325 e. The average molecular weight is 412 g/mol. The van der Waals surface area contributed by atoms with Crippen LogP contribution in [-0.2, 0) is 11.2 Å². The summed E-state index contributed by atoms with van der Waals surface area (Å²) < 4.78 is 0. The molecule has 0 fully saturated rings. The van der Waals surface area contributed by atoms with Crippen molar-refractivity contribution >= 4 is 33.4 Å². The van der Waals surface area contributed by atoms with Gasteiger partial charge in [0.15, 0.2) is 0 Å². The number of amides is 1. The van der Waals surface area contributed by atoms with Crippen molar-refractivity contribution in [3.05, 3.63) is 78.1 Å². The fourth-order valence-electron chi connectivity index (χ4n) is 4.23. The average Bonchev–Trinajstić information content (AvgIpc) is 2.82. The highest BCUT2D eigenvalue weighted by Crippen LogP contribution is 2.31. The minimum atomic E-state index is -0.105. The van der Waals surface area contributed by atoms with Gasteiger partial charge < -0.3 is 5.32 Å². The molecule has 4 nitrogen and oxygen atoms in total. The number of benzene rings is 2. The van der Waals surface area contributed by atoms with E-state index in [0.717, 1.165) is 46.8 Å². The molecule has 1 N–H and O–H groups in total. The summed E-state index contributed by atoms with van der Waals surface area (Å²) >= 11 is 0. The fourth-order valence-corrected chi connectivity index (χ4v) is 4.23. The van der Waals surface area contributed by atoms with E-state index in [4.69, 9.17) is 0 Å². The van der Waals surface area contributed by atoms with Crippen molar-refractivity contribution in [3.63, 3.8) is 0 Å². The number of fused-ring (bicyclic) bond motifs is 3. The predicted octanol–water partition coefficient (Wildman–Crippen LogP) is 6.50. The van der Waals surface area contributed by atoms with Gasteiger partial charge >= 0.3 is 0 Å². The number of rotatable bonds is 7. The second kappa shape index (κ2) is 9.25. The highest BCUT2D eigenvalue weighted by molar-refractivity contribution is 6.12. The van der Waals surface area contributed by atoms with Gasteiger partial charge in [-0.1, -0.05) is 51.1 Å². The molecule has 0 spiro atoms. The third-order valence-corrected chi connectivity index (χ3v) is 6.16. The van der Waals surface area contributed by atoms with E-state index >= 15 is 0 Å². The normalized spacial score (nSPS) is 13.3. The van der Waals surface area contributed by atoms with E-state index in [0.29, 0.717) is 5.92 Å². The molecule has 0 radical (unpaired) electrons. The summed E-state index contributed by atoms with van der Waals surface area (Å²) in [5.41, 5.74) is 5.11. The third-order valence-electron chi connectivity index (χ3n) is 6.16. The molecule has 4 heteroatoms. The Bertz CT molecular complexity index is 1200. The summed E-state index contributed by atoms with van der Waals surface area (Å²) in [6.07, 6.45) is 6.41. The molecule has 2 aromatic carbocycles. The van der Waals surface area contributed by atoms with Gasteiger partial charge in [-0.2, -0.15) is 0 Å². The van der Waals surface area contributed by atoms with Crippen LogP contribution in [0.25, 0.3) is 21.8 Å². The lowest BCUT2D eigenvalue weighted by atomic mass is 9.86. The molecule has 2 atom stereocenters. The SMILES string of the molecule is CCc1ccc(C(CC)CC(C)C(=O)Nc2cc3cccnc3c3ncccc23)cc1. The Morgan fingerprint density at radius 3 is 2.39 bits per heavy atom. The summed E-state index contributed by atoms with van der Waals surface area (Å²) in [5.74, 6) is 0.301. The van der Waals surface area contributed by atoms with Crippen molar-refractivity contribution in [1.29, 1.82) is 0 Å². The molecule has 1 amide bonds. The summed E-state index contributed by atoms with van der Waals surface area (Å²) in [6.45, 7) is 6.38. The van der Waals surface area contributed by atoms with Crippen LogP contribution in [0.4, 0.5) is 5.69 Å². The van der Waals surface area contributed by atoms with Gasteiger partial charge in [0, 0.05) is 29.1 Å². The molecule has 4 aromatic rings. The van der Waals surface area contributed by atoms with Crippen molar-refractivity contribution in [3.8, 4) is 0 Å². The van der Waals surface area contributed by atoms with Crippen LogP contribution in [0.15, 0.2) is 67.0 Å². The van der Waals surface area contributed by atoms with Crippen LogP contribution >= 0.6 is 0 Å². The van der Waals surface area contributed by atoms with Crippen molar-refractivity contribution in [2.45, 2.75) is 46.0 Å². The molecule has 0 bridgehead atoms. The van der Waals surface area contributed by atoms with E-state index in [1.54, 1.807) is 12.4 Å². The molecule has 2 aromatic heterocycles. The van der Waals surface area contributed by atoms with Gasteiger partial charge in [0.1, 0.15) is 0 Å². The molecule has 0 saturated heterocycles. The summed E-state index contributed by atoms with van der Waals surface area (Å²) in [6, 6.07) is 18.6. The van der Waals surface area contributed by atoms with E-state index in [-0.39, 0.29) is 11.8 Å². The largest absolute Gasteiger partial charge is 0.325 e. The Balaban J connectivity index is 1.56. The topological polar surface area (TPSA) is 54.9 Å². The molecule has 31 heavy (non-hydrogen) atoms. The standard InChI is InChI=1S/C27H29N3O/c1-4-19-10-12-21(13-11-19)20(5-2)16-18(3)27(31)30-24-17-22-8-6-14-28-25(22)26-23(24)9-7-15-29-26/h6-15,17-18,20H,4-5,16H2,1-3H3,(H,30,31).